The number of aromatic nitrogens is 2. The molecule has 2 aromatic rings. The number of H-pyrrole nitrogens is 1. The van der Waals surface area contributed by atoms with E-state index < -0.39 is 5.82 Å². The van der Waals surface area contributed by atoms with E-state index in [0.29, 0.717) is 21.2 Å². The zero-order valence-corrected chi connectivity index (χ0v) is 8.58. The normalized spacial score (nSPS) is 11.0. The molecule has 0 spiro atoms. The van der Waals surface area contributed by atoms with Crippen molar-refractivity contribution < 1.29 is 4.39 Å². The monoisotopic (exact) mass is 263 g/mol. The van der Waals surface area contributed by atoms with E-state index in [1.54, 1.807) is 0 Å². The van der Waals surface area contributed by atoms with Gasteiger partial charge in [0, 0.05) is 4.47 Å². The fourth-order valence-electron chi connectivity index (χ4n) is 1.12. The number of anilines is 1. The Morgan fingerprint density at radius 3 is 3.00 bits per heavy atom. The number of aromatic amines is 1. The number of hydrogen-bond acceptors (Lipinski definition) is 2. The molecular formula is C7H4BrClFN3. The molecule has 0 fully saturated rings. The Labute approximate surface area is 86.2 Å². The summed E-state index contributed by atoms with van der Waals surface area (Å²) in [6.45, 7) is 0. The highest BCUT2D eigenvalue weighted by molar-refractivity contribution is 9.10. The second-order valence-corrected chi connectivity index (χ2v) is 3.75. The van der Waals surface area contributed by atoms with Crippen LogP contribution in [0.25, 0.3) is 10.9 Å². The minimum atomic E-state index is -0.510. The van der Waals surface area contributed by atoms with Gasteiger partial charge in [0.05, 0.1) is 10.9 Å². The van der Waals surface area contributed by atoms with Gasteiger partial charge in [0.15, 0.2) is 5.82 Å². The summed E-state index contributed by atoms with van der Waals surface area (Å²) in [4.78, 5) is 0. The first kappa shape index (κ1) is 8.77. The molecule has 0 amide bonds. The third kappa shape index (κ3) is 1.19. The lowest BCUT2D eigenvalue weighted by molar-refractivity contribution is 0.629. The predicted molar refractivity (Wildman–Crippen MR) is 53.2 cm³/mol. The molecule has 0 atom stereocenters. The SMILES string of the molecule is Nc1n[nH]c2c(Cl)c(F)cc(Br)c12. The van der Waals surface area contributed by atoms with E-state index >= 15 is 0 Å². The summed E-state index contributed by atoms with van der Waals surface area (Å²) in [6, 6.07) is 1.26. The molecule has 3 N–H and O–H groups in total. The first-order chi connectivity index (χ1) is 6.11. The van der Waals surface area contributed by atoms with Gasteiger partial charge in [-0.25, -0.2) is 4.39 Å². The van der Waals surface area contributed by atoms with Crippen molar-refractivity contribution >= 4 is 44.3 Å². The lowest BCUT2D eigenvalue weighted by Gasteiger charge is -1.98. The van der Waals surface area contributed by atoms with Crippen LogP contribution in [0.3, 0.4) is 0 Å². The van der Waals surface area contributed by atoms with Crippen LogP contribution >= 0.6 is 27.5 Å². The summed E-state index contributed by atoms with van der Waals surface area (Å²) in [5.74, 6) is -0.214. The summed E-state index contributed by atoms with van der Waals surface area (Å²) in [6.07, 6.45) is 0. The van der Waals surface area contributed by atoms with E-state index in [0.717, 1.165) is 0 Å². The van der Waals surface area contributed by atoms with Crippen molar-refractivity contribution in [3.8, 4) is 0 Å². The Morgan fingerprint density at radius 1 is 1.62 bits per heavy atom. The van der Waals surface area contributed by atoms with E-state index in [1.807, 2.05) is 0 Å². The van der Waals surface area contributed by atoms with E-state index in [1.165, 1.54) is 6.07 Å². The van der Waals surface area contributed by atoms with Gasteiger partial charge in [-0.3, -0.25) is 5.10 Å². The van der Waals surface area contributed by atoms with Gasteiger partial charge in [-0.1, -0.05) is 11.6 Å². The van der Waals surface area contributed by atoms with Crippen molar-refractivity contribution in [1.82, 2.24) is 10.2 Å². The predicted octanol–water partition coefficient (Wildman–Crippen LogP) is 2.70. The van der Waals surface area contributed by atoms with Gasteiger partial charge >= 0.3 is 0 Å². The topological polar surface area (TPSA) is 54.7 Å². The fourth-order valence-corrected chi connectivity index (χ4v) is 1.92. The second kappa shape index (κ2) is 2.85. The van der Waals surface area contributed by atoms with Crippen LogP contribution < -0.4 is 5.73 Å². The van der Waals surface area contributed by atoms with Crippen LogP contribution in [-0.2, 0) is 0 Å². The van der Waals surface area contributed by atoms with Crippen LogP contribution in [0.1, 0.15) is 0 Å². The molecule has 68 valence electrons. The highest BCUT2D eigenvalue weighted by atomic mass is 79.9. The molecule has 0 aliphatic heterocycles. The van der Waals surface area contributed by atoms with Crippen LogP contribution in [0.4, 0.5) is 10.2 Å². The van der Waals surface area contributed by atoms with Crippen molar-refractivity contribution in [3.63, 3.8) is 0 Å². The van der Waals surface area contributed by atoms with Gasteiger partial charge in [0.25, 0.3) is 0 Å². The van der Waals surface area contributed by atoms with Gasteiger partial charge in [-0.05, 0) is 22.0 Å². The van der Waals surface area contributed by atoms with E-state index in [9.17, 15) is 4.39 Å². The molecule has 13 heavy (non-hydrogen) atoms. The number of halogens is 3. The summed E-state index contributed by atoms with van der Waals surface area (Å²) < 4.78 is 13.6. The molecule has 1 heterocycles. The Morgan fingerprint density at radius 2 is 2.31 bits per heavy atom. The quantitative estimate of drug-likeness (QED) is 0.719. The molecule has 0 saturated heterocycles. The Hall–Kier alpha value is -0.810. The molecule has 0 saturated carbocycles. The lowest BCUT2D eigenvalue weighted by atomic mass is 10.2. The van der Waals surface area contributed by atoms with Gasteiger partial charge in [0.1, 0.15) is 10.8 Å². The Bertz CT molecular complexity index is 482. The van der Waals surface area contributed by atoms with Crippen LogP contribution in [-0.4, -0.2) is 10.2 Å². The molecule has 1 aromatic carbocycles. The van der Waals surface area contributed by atoms with Gasteiger partial charge in [-0.2, -0.15) is 5.10 Å². The zero-order chi connectivity index (χ0) is 9.59. The summed E-state index contributed by atoms with van der Waals surface area (Å²) in [5.41, 5.74) is 5.95. The second-order valence-electron chi connectivity index (χ2n) is 2.51. The maximum Gasteiger partial charge on any atom is 0.154 e. The number of hydrogen-bond donors (Lipinski definition) is 2. The number of benzene rings is 1. The van der Waals surface area contributed by atoms with Crippen LogP contribution in [0.2, 0.25) is 5.02 Å². The van der Waals surface area contributed by atoms with E-state index in [4.69, 9.17) is 17.3 Å². The minimum absolute atomic E-state index is 0.00222. The molecular weight excluding hydrogens is 260 g/mol. The van der Waals surface area contributed by atoms with Crippen LogP contribution in [0.15, 0.2) is 10.5 Å². The highest BCUT2D eigenvalue weighted by Gasteiger charge is 2.13. The van der Waals surface area contributed by atoms with Gasteiger partial charge in [-0.15, -0.1) is 0 Å². The third-order valence-electron chi connectivity index (χ3n) is 1.72. The smallest absolute Gasteiger partial charge is 0.154 e. The van der Waals surface area contributed by atoms with Crippen molar-refractivity contribution in [3.05, 3.63) is 21.4 Å². The number of nitrogens with zero attached hydrogens (tertiary/aromatic N) is 1. The molecule has 0 bridgehead atoms. The van der Waals surface area contributed by atoms with E-state index in [2.05, 4.69) is 26.1 Å². The molecule has 2 rings (SSSR count). The molecule has 0 radical (unpaired) electrons. The van der Waals surface area contributed by atoms with Crippen molar-refractivity contribution in [2.75, 3.05) is 5.73 Å². The maximum absolute atomic E-state index is 13.1. The molecule has 0 unspecified atom stereocenters. The van der Waals surface area contributed by atoms with Crippen molar-refractivity contribution in [1.29, 1.82) is 0 Å². The third-order valence-corrected chi connectivity index (χ3v) is 2.71. The molecule has 3 nitrogen and oxygen atoms in total. The van der Waals surface area contributed by atoms with Gasteiger partial charge in [0.2, 0.25) is 0 Å². The zero-order valence-electron chi connectivity index (χ0n) is 6.24. The average Bonchev–Trinajstić information content (AvgIpc) is 2.44. The number of nitrogens with one attached hydrogen (secondary N) is 1. The number of rotatable bonds is 0. The van der Waals surface area contributed by atoms with Crippen LogP contribution in [0, 0.1) is 5.82 Å². The summed E-state index contributed by atoms with van der Waals surface area (Å²) >= 11 is 8.86. The summed E-state index contributed by atoms with van der Waals surface area (Å²) in [7, 11) is 0. The molecule has 6 heteroatoms. The Balaban J connectivity index is 2.99. The first-order valence-corrected chi connectivity index (χ1v) is 4.55. The minimum Gasteiger partial charge on any atom is -0.382 e. The number of nitrogens with two attached hydrogens (primary N) is 1. The average molecular weight is 264 g/mol. The fraction of sp³-hybridized carbons (Fsp3) is 0. The first-order valence-electron chi connectivity index (χ1n) is 3.38. The lowest BCUT2D eigenvalue weighted by Crippen LogP contribution is -1.85. The van der Waals surface area contributed by atoms with E-state index in [-0.39, 0.29) is 5.02 Å². The number of fused-ring (bicyclic) bond motifs is 1. The largest absolute Gasteiger partial charge is 0.382 e. The van der Waals surface area contributed by atoms with Crippen molar-refractivity contribution in [2.24, 2.45) is 0 Å². The maximum atomic E-state index is 13.1. The number of nitrogen functional groups attached to an aromatic ring is 1. The Kier molecular flexibility index (Phi) is 1.92. The standard InChI is InChI=1S/C7H4BrClFN3/c8-2-1-3(10)5(9)6-4(2)7(11)13-12-6/h1H,(H3,11,12,13). The van der Waals surface area contributed by atoms with Gasteiger partial charge < -0.3 is 5.73 Å². The van der Waals surface area contributed by atoms with Crippen LogP contribution in [0.5, 0.6) is 0 Å². The highest BCUT2D eigenvalue weighted by Crippen LogP contribution is 2.33. The molecule has 0 aliphatic carbocycles. The van der Waals surface area contributed by atoms with Crippen molar-refractivity contribution in [2.45, 2.75) is 0 Å². The molecule has 0 aliphatic rings. The summed E-state index contributed by atoms with van der Waals surface area (Å²) in [5, 5.41) is 6.90. The molecule has 1 aromatic heterocycles.